The lowest BCUT2D eigenvalue weighted by Crippen LogP contribution is -2.44. The maximum Gasteiger partial charge on any atom is 0.187 e. The van der Waals surface area contributed by atoms with E-state index >= 15 is 0 Å². The van der Waals surface area contributed by atoms with Gasteiger partial charge in [0.15, 0.2) is 5.78 Å². The Morgan fingerprint density at radius 2 is 1.62 bits per heavy atom. The van der Waals surface area contributed by atoms with Crippen LogP contribution in [-0.4, -0.2) is 56.1 Å². The van der Waals surface area contributed by atoms with Crippen molar-refractivity contribution in [3.63, 3.8) is 0 Å². The predicted molar refractivity (Wildman–Crippen MR) is 142 cm³/mol. The topological polar surface area (TPSA) is 53.0 Å². The molecule has 1 aliphatic rings. The number of anilines is 1. The molecule has 0 bridgehead atoms. The van der Waals surface area contributed by atoms with Crippen molar-refractivity contribution in [2.45, 2.75) is 52.4 Å². The Hall–Kier alpha value is -2.79. The van der Waals surface area contributed by atoms with E-state index in [1.165, 1.54) is 5.56 Å². The number of aromatic hydroxyl groups is 1. The first-order valence-electron chi connectivity index (χ1n) is 12.0. The second kappa shape index (κ2) is 9.83. The van der Waals surface area contributed by atoms with Crippen molar-refractivity contribution in [1.82, 2.24) is 4.90 Å². The third kappa shape index (κ3) is 5.82. The molecule has 1 heterocycles. The van der Waals surface area contributed by atoms with Gasteiger partial charge < -0.3 is 19.6 Å². The smallest absolute Gasteiger partial charge is 0.187 e. The number of piperazine rings is 1. The number of nitrogens with zero attached hydrogens (tertiary/aromatic N) is 2. The van der Waals surface area contributed by atoms with E-state index in [0.717, 1.165) is 48.7 Å². The fraction of sp³-hybridized carbons (Fsp3) is 0.483. The van der Waals surface area contributed by atoms with Gasteiger partial charge in [-0.25, -0.2) is 0 Å². The van der Waals surface area contributed by atoms with Crippen LogP contribution in [0.2, 0.25) is 0 Å². The molecule has 34 heavy (non-hydrogen) atoms. The van der Waals surface area contributed by atoms with Gasteiger partial charge >= 0.3 is 0 Å². The number of hydrogen-bond donors (Lipinski definition) is 1. The number of phenolic OH excluding ortho intramolecular Hbond substituents is 1. The maximum absolute atomic E-state index is 13.4. The van der Waals surface area contributed by atoms with Crippen molar-refractivity contribution >= 4 is 17.5 Å². The molecule has 0 saturated carbocycles. The number of benzene rings is 2. The van der Waals surface area contributed by atoms with Gasteiger partial charge in [-0.2, -0.15) is 0 Å². The molecule has 1 saturated heterocycles. The Balaban J connectivity index is 2.02. The fourth-order valence-corrected chi connectivity index (χ4v) is 4.29. The molecule has 2 aromatic rings. The van der Waals surface area contributed by atoms with Crippen LogP contribution in [0.4, 0.5) is 5.69 Å². The van der Waals surface area contributed by atoms with Gasteiger partial charge in [-0.1, -0.05) is 47.6 Å². The van der Waals surface area contributed by atoms with Crippen molar-refractivity contribution in [3.05, 3.63) is 58.7 Å². The predicted octanol–water partition coefficient (Wildman–Crippen LogP) is 5.64. The molecule has 1 fully saturated rings. The van der Waals surface area contributed by atoms with Gasteiger partial charge in [0, 0.05) is 48.9 Å². The first kappa shape index (κ1) is 25.8. The van der Waals surface area contributed by atoms with Crippen molar-refractivity contribution in [1.29, 1.82) is 0 Å². The molecule has 0 unspecified atom stereocenters. The molecule has 0 atom stereocenters. The summed E-state index contributed by atoms with van der Waals surface area (Å²) in [6.45, 7) is 16.6. The molecule has 0 amide bonds. The van der Waals surface area contributed by atoms with Gasteiger partial charge in [0.1, 0.15) is 11.5 Å². The van der Waals surface area contributed by atoms with E-state index in [-0.39, 0.29) is 22.4 Å². The summed E-state index contributed by atoms with van der Waals surface area (Å²) in [7, 11) is 3.78. The van der Waals surface area contributed by atoms with Gasteiger partial charge in [0.2, 0.25) is 0 Å². The molecule has 1 N–H and O–H groups in total. The molecule has 2 aromatic carbocycles. The van der Waals surface area contributed by atoms with E-state index < -0.39 is 0 Å². The summed E-state index contributed by atoms with van der Waals surface area (Å²) >= 11 is 0. The normalized spacial score (nSPS) is 15.7. The van der Waals surface area contributed by atoms with E-state index in [4.69, 9.17) is 4.74 Å². The summed E-state index contributed by atoms with van der Waals surface area (Å²) in [6, 6.07) is 9.35. The van der Waals surface area contributed by atoms with E-state index in [1.54, 1.807) is 31.4 Å². The Kier molecular flexibility index (Phi) is 7.47. The maximum atomic E-state index is 13.4. The van der Waals surface area contributed by atoms with Crippen molar-refractivity contribution in [2.24, 2.45) is 0 Å². The van der Waals surface area contributed by atoms with E-state index in [9.17, 15) is 9.90 Å². The van der Waals surface area contributed by atoms with Crippen LogP contribution in [-0.2, 0) is 10.8 Å². The zero-order valence-electron chi connectivity index (χ0n) is 22.0. The summed E-state index contributed by atoms with van der Waals surface area (Å²) in [6.07, 6.45) is 3.49. The van der Waals surface area contributed by atoms with E-state index in [2.05, 4.69) is 70.5 Å². The lowest BCUT2D eigenvalue weighted by Gasteiger charge is -2.35. The van der Waals surface area contributed by atoms with Gasteiger partial charge in [0.05, 0.1) is 12.8 Å². The van der Waals surface area contributed by atoms with Crippen molar-refractivity contribution in [2.75, 3.05) is 45.2 Å². The molecular weight excluding hydrogens is 424 g/mol. The molecule has 0 spiro atoms. The largest absolute Gasteiger partial charge is 0.508 e. The average molecular weight is 465 g/mol. The fourth-order valence-electron chi connectivity index (χ4n) is 4.29. The molecule has 5 heteroatoms. The zero-order valence-corrected chi connectivity index (χ0v) is 22.0. The van der Waals surface area contributed by atoms with Crippen LogP contribution in [0.5, 0.6) is 11.5 Å². The number of allylic oxidation sites excluding steroid dienone is 1. The van der Waals surface area contributed by atoms with Crippen molar-refractivity contribution in [3.8, 4) is 11.5 Å². The minimum Gasteiger partial charge on any atom is -0.508 e. The molecule has 0 aromatic heterocycles. The van der Waals surface area contributed by atoms with Crippen LogP contribution in [0.25, 0.3) is 6.08 Å². The first-order chi connectivity index (χ1) is 15.8. The number of phenols is 1. The summed E-state index contributed by atoms with van der Waals surface area (Å²) in [4.78, 5) is 17.8. The van der Waals surface area contributed by atoms with Gasteiger partial charge in [-0.3, -0.25) is 4.79 Å². The summed E-state index contributed by atoms with van der Waals surface area (Å²) in [5.41, 5.74) is 4.46. The van der Waals surface area contributed by atoms with E-state index in [1.807, 2.05) is 6.08 Å². The second-order valence-corrected chi connectivity index (χ2v) is 11.3. The van der Waals surface area contributed by atoms with Crippen LogP contribution in [0, 0.1) is 0 Å². The van der Waals surface area contributed by atoms with Crippen LogP contribution in [0.3, 0.4) is 0 Å². The summed E-state index contributed by atoms with van der Waals surface area (Å²) in [5, 5.41) is 10.1. The highest BCUT2D eigenvalue weighted by Crippen LogP contribution is 2.39. The SMILES string of the molecule is COc1c(C=CC(=O)c2ccc(O)cc2N2CCN(C)CC2)cc(C(C)(C)C)cc1C(C)(C)C. The quantitative estimate of drug-likeness (QED) is 0.458. The summed E-state index contributed by atoms with van der Waals surface area (Å²) in [5.74, 6) is 0.882. The minimum absolute atomic E-state index is 0.0373. The van der Waals surface area contributed by atoms with Crippen LogP contribution in [0.15, 0.2) is 36.4 Å². The number of ether oxygens (including phenoxy) is 1. The molecule has 5 nitrogen and oxygen atoms in total. The van der Waals surface area contributed by atoms with Crippen LogP contribution >= 0.6 is 0 Å². The van der Waals surface area contributed by atoms with Gasteiger partial charge in [-0.15, -0.1) is 0 Å². The number of hydrogen-bond acceptors (Lipinski definition) is 5. The third-order valence-corrected chi connectivity index (χ3v) is 6.50. The highest BCUT2D eigenvalue weighted by molar-refractivity contribution is 6.10. The van der Waals surface area contributed by atoms with Gasteiger partial charge in [0.25, 0.3) is 0 Å². The lowest BCUT2D eigenvalue weighted by atomic mass is 9.79. The molecule has 3 rings (SSSR count). The summed E-state index contributed by atoms with van der Waals surface area (Å²) < 4.78 is 5.84. The van der Waals surface area contributed by atoms with E-state index in [0.29, 0.717) is 5.56 Å². The number of carbonyl (C=O) groups is 1. The van der Waals surface area contributed by atoms with Crippen LogP contribution < -0.4 is 9.64 Å². The second-order valence-electron chi connectivity index (χ2n) is 11.3. The minimum atomic E-state index is -0.106. The molecular formula is C29H40N2O3. The third-order valence-electron chi connectivity index (χ3n) is 6.50. The number of carbonyl (C=O) groups excluding carboxylic acids is 1. The Morgan fingerprint density at radius 3 is 2.18 bits per heavy atom. The zero-order chi connectivity index (χ0) is 25.3. The van der Waals surface area contributed by atoms with Crippen molar-refractivity contribution < 1.29 is 14.6 Å². The standard InChI is InChI=1S/C29H40N2O3/c1-28(2,3)21-17-20(27(34-8)24(18-21)29(4,5)6)9-12-26(33)23-11-10-22(32)19-25(23)31-15-13-30(7)14-16-31/h9-12,17-19,32H,13-16H2,1-8H3. The number of methoxy groups -OCH3 is 1. The Morgan fingerprint density at radius 1 is 0.971 bits per heavy atom. The molecule has 0 aliphatic carbocycles. The van der Waals surface area contributed by atoms with Gasteiger partial charge in [-0.05, 0) is 53.8 Å². The first-order valence-corrected chi connectivity index (χ1v) is 12.0. The highest BCUT2D eigenvalue weighted by atomic mass is 16.5. The lowest BCUT2D eigenvalue weighted by molar-refractivity contribution is 0.104. The number of ketones is 1. The molecule has 184 valence electrons. The Bertz CT molecular complexity index is 1070. The average Bonchev–Trinajstić information content (AvgIpc) is 2.76. The Labute approximate surface area is 205 Å². The monoisotopic (exact) mass is 464 g/mol. The molecule has 0 radical (unpaired) electrons. The number of likely N-dealkylation sites (N-methyl/N-ethyl adjacent to an activating group) is 1. The number of rotatable bonds is 5. The highest BCUT2D eigenvalue weighted by Gasteiger charge is 2.25. The molecule has 1 aliphatic heterocycles. The van der Waals surface area contributed by atoms with Crippen LogP contribution in [0.1, 0.15) is 68.6 Å².